The molecular weight excluding hydrogens is 328 g/mol. The minimum Gasteiger partial charge on any atom is -0.481 e. The Morgan fingerprint density at radius 1 is 1.15 bits per heavy atom. The van der Waals surface area contributed by atoms with E-state index >= 15 is 0 Å². The number of ketones is 1. The van der Waals surface area contributed by atoms with E-state index in [0.717, 1.165) is 12.8 Å². The quantitative estimate of drug-likeness (QED) is 0.507. The van der Waals surface area contributed by atoms with Gasteiger partial charge in [0.25, 0.3) is 0 Å². The molecule has 0 saturated carbocycles. The first-order valence-corrected chi connectivity index (χ1v) is 9.29. The second-order valence-corrected chi connectivity index (χ2v) is 6.36. The third kappa shape index (κ3) is 9.33. The van der Waals surface area contributed by atoms with Crippen LogP contribution in [0.15, 0.2) is 60.8 Å². The van der Waals surface area contributed by atoms with E-state index < -0.39 is 12.1 Å². The van der Waals surface area contributed by atoms with Crippen molar-refractivity contribution < 1.29 is 19.8 Å². The molecule has 3 atom stereocenters. The number of aliphatic hydroxyl groups is 1. The molecule has 0 radical (unpaired) electrons. The second-order valence-electron chi connectivity index (χ2n) is 6.36. The molecule has 0 unspecified atom stereocenters. The Labute approximate surface area is 156 Å². The number of aliphatic carboxylic acids is 1. The predicted octanol–water partition coefficient (Wildman–Crippen LogP) is 4.39. The lowest BCUT2D eigenvalue weighted by Crippen LogP contribution is -2.14. The topological polar surface area (TPSA) is 74.6 Å². The molecule has 0 aromatic rings. The number of rotatable bonds is 12. The van der Waals surface area contributed by atoms with E-state index in [-0.39, 0.29) is 24.0 Å². The summed E-state index contributed by atoms with van der Waals surface area (Å²) in [5.41, 5.74) is 0. The van der Waals surface area contributed by atoms with E-state index in [4.69, 9.17) is 5.11 Å². The van der Waals surface area contributed by atoms with Gasteiger partial charge >= 0.3 is 5.97 Å². The monoisotopic (exact) mass is 358 g/mol. The maximum atomic E-state index is 12.0. The third-order valence-electron chi connectivity index (χ3n) is 4.25. The van der Waals surface area contributed by atoms with E-state index in [0.29, 0.717) is 19.3 Å². The summed E-state index contributed by atoms with van der Waals surface area (Å²) in [7, 11) is 0. The van der Waals surface area contributed by atoms with Crippen LogP contribution >= 0.6 is 0 Å². The Morgan fingerprint density at radius 3 is 2.46 bits per heavy atom. The highest BCUT2D eigenvalue weighted by Crippen LogP contribution is 2.27. The number of carbonyl (C=O) groups excluding carboxylic acids is 1. The first-order chi connectivity index (χ1) is 12.5. The lowest BCUT2D eigenvalue weighted by molar-refractivity contribution is -0.136. The van der Waals surface area contributed by atoms with Gasteiger partial charge in [-0.25, -0.2) is 0 Å². The molecule has 4 nitrogen and oxygen atoms in total. The number of hydrogen-bond acceptors (Lipinski definition) is 3. The standard InChI is InChI=1S/C22H30O4/c1-2-19(23)16-14-18-15-17-21(24)20(18)12-10-8-6-4-3-5-7-9-11-13-22(25)26/h3-4,7-10,14-20,23H,2,5-6,11-13H2,1H3,(H,25,26)/b4-3-,9-7-,10-8-,16-14+/t18-,19+,20-/m1/s1. The van der Waals surface area contributed by atoms with Crippen LogP contribution in [0.25, 0.3) is 0 Å². The number of allylic oxidation sites excluding steroid dienone is 9. The van der Waals surface area contributed by atoms with E-state index in [1.54, 1.807) is 12.2 Å². The molecule has 0 aromatic carbocycles. The highest BCUT2D eigenvalue weighted by molar-refractivity contribution is 5.95. The van der Waals surface area contributed by atoms with Crippen molar-refractivity contribution in [3.05, 3.63) is 60.8 Å². The number of hydrogen-bond donors (Lipinski definition) is 2. The Balaban J connectivity index is 2.27. The predicted molar refractivity (Wildman–Crippen MR) is 105 cm³/mol. The van der Waals surface area contributed by atoms with Gasteiger partial charge in [-0.2, -0.15) is 0 Å². The fraction of sp³-hybridized carbons (Fsp3) is 0.455. The van der Waals surface area contributed by atoms with Crippen molar-refractivity contribution in [2.45, 2.75) is 51.6 Å². The van der Waals surface area contributed by atoms with Gasteiger partial charge in [-0.3, -0.25) is 9.59 Å². The van der Waals surface area contributed by atoms with Crippen molar-refractivity contribution in [1.82, 2.24) is 0 Å². The van der Waals surface area contributed by atoms with Gasteiger partial charge in [0.1, 0.15) is 0 Å². The summed E-state index contributed by atoms with van der Waals surface area (Å²) in [6.45, 7) is 1.92. The molecule has 0 heterocycles. The summed E-state index contributed by atoms with van der Waals surface area (Å²) in [5.74, 6) is -0.615. The zero-order chi connectivity index (χ0) is 19.2. The molecule has 2 N–H and O–H groups in total. The molecule has 1 rings (SSSR count). The van der Waals surface area contributed by atoms with Crippen LogP contribution in [-0.2, 0) is 9.59 Å². The van der Waals surface area contributed by atoms with Crippen molar-refractivity contribution in [3.8, 4) is 0 Å². The molecule has 1 aliphatic rings. The average Bonchev–Trinajstić information content (AvgIpc) is 2.97. The van der Waals surface area contributed by atoms with Gasteiger partial charge in [0.05, 0.1) is 6.10 Å². The van der Waals surface area contributed by atoms with Crippen LogP contribution in [-0.4, -0.2) is 28.1 Å². The van der Waals surface area contributed by atoms with Crippen molar-refractivity contribution in [2.24, 2.45) is 11.8 Å². The van der Waals surface area contributed by atoms with E-state index in [1.165, 1.54) is 0 Å². The molecule has 4 heteroatoms. The Morgan fingerprint density at radius 2 is 1.81 bits per heavy atom. The van der Waals surface area contributed by atoms with E-state index in [2.05, 4.69) is 12.2 Å². The molecule has 0 aliphatic heterocycles. The lowest BCUT2D eigenvalue weighted by atomic mass is 9.90. The van der Waals surface area contributed by atoms with Crippen LogP contribution in [0.5, 0.6) is 0 Å². The molecular formula is C22H30O4. The molecule has 0 fully saturated rings. The fourth-order valence-electron chi connectivity index (χ4n) is 2.63. The van der Waals surface area contributed by atoms with Gasteiger partial charge in [-0.05, 0) is 38.2 Å². The van der Waals surface area contributed by atoms with Gasteiger partial charge < -0.3 is 10.2 Å². The van der Waals surface area contributed by atoms with Gasteiger partial charge in [0.15, 0.2) is 5.78 Å². The van der Waals surface area contributed by atoms with Crippen LogP contribution in [0.4, 0.5) is 0 Å². The molecule has 1 aliphatic carbocycles. The van der Waals surface area contributed by atoms with Crippen LogP contribution in [0.3, 0.4) is 0 Å². The SMILES string of the molecule is CC[C@H](O)/C=C/[C@@H]1C=CC(=O)[C@@H]1C/C=C\C/C=C\C/C=C\CCC(=O)O. The zero-order valence-corrected chi connectivity index (χ0v) is 15.5. The van der Waals surface area contributed by atoms with Crippen molar-refractivity contribution >= 4 is 11.8 Å². The normalized spacial score (nSPS) is 21.8. The molecule has 0 saturated heterocycles. The first kappa shape index (κ1) is 21.8. The minimum absolute atomic E-state index is 0.0623. The average molecular weight is 358 g/mol. The minimum atomic E-state index is -0.773. The Hall–Kier alpha value is -2.20. The number of carbonyl (C=O) groups is 2. The largest absolute Gasteiger partial charge is 0.481 e. The van der Waals surface area contributed by atoms with Gasteiger partial charge in [-0.15, -0.1) is 0 Å². The Bertz CT molecular complexity index is 581. The van der Waals surface area contributed by atoms with Crippen LogP contribution < -0.4 is 0 Å². The summed E-state index contributed by atoms with van der Waals surface area (Å²) in [6.07, 6.45) is 22.6. The highest BCUT2D eigenvalue weighted by Gasteiger charge is 2.26. The summed E-state index contributed by atoms with van der Waals surface area (Å²) in [5, 5.41) is 18.1. The van der Waals surface area contributed by atoms with Crippen LogP contribution in [0, 0.1) is 11.8 Å². The smallest absolute Gasteiger partial charge is 0.303 e. The van der Waals surface area contributed by atoms with Crippen molar-refractivity contribution in [3.63, 3.8) is 0 Å². The molecule has 26 heavy (non-hydrogen) atoms. The second kappa shape index (κ2) is 13.1. The fourth-order valence-corrected chi connectivity index (χ4v) is 2.63. The summed E-state index contributed by atoms with van der Waals surface area (Å²) in [6, 6.07) is 0. The van der Waals surface area contributed by atoms with E-state index in [1.807, 2.05) is 43.4 Å². The molecule has 0 spiro atoms. The van der Waals surface area contributed by atoms with Crippen molar-refractivity contribution in [2.75, 3.05) is 0 Å². The zero-order valence-electron chi connectivity index (χ0n) is 15.5. The lowest BCUT2D eigenvalue weighted by Gasteiger charge is -2.13. The van der Waals surface area contributed by atoms with E-state index in [9.17, 15) is 14.7 Å². The number of aliphatic hydroxyl groups excluding tert-OH is 1. The van der Waals surface area contributed by atoms with Gasteiger partial charge in [0.2, 0.25) is 0 Å². The summed E-state index contributed by atoms with van der Waals surface area (Å²) in [4.78, 5) is 22.3. The molecule has 0 amide bonds. The van der Waals surface area contributed by atoms with Gasteiger partial charge in [-0.1, -0.05) is 61.6 Å². The first-order valence-electron chi connectivity index (χ1n) is 9.29. The van der Waals surface area contributed by atoms with Gasteiger partial charge in [0, 0.05) is 18.3 Å². The van der Waals surface area contributed by atoms with Crippen LogP contribution in [0.2, 0.25) is 0 Å². The number of carboxylic acids is 1. The maximum absolute atomic E-state index is 12.0. The summed E-state index contributed by atoms with van der Waals surface area (Å²) >= 11 is 0. The van der Waals surface area contributed by atoms with Crippen LogP contribution in [0.1, 0.15) is 45.4 Å². The van der Waals surface area contributed by atoms with Crippen molar-refractivity contribution in [1.29, 1.82) is 0 Å². The molecule has 0 aromatic heterocycles. The number of carboxylic acid groups (broad SMARTS) is 1. The highest BCUT2D eigenvalue weighted by atomic mass is 16.4. The third-order valence-corrected chi connectivity index (χ3v) is 4.25. The Kier molecular flexibility index (Phi) is 11.0. The maximum Gasteiger partial charge on any atom is 0.303 e. The summed E-state index contributed by atoms with van der Waals surface area (Å²) < 4.78 is 0. The molecule has 0 bridgehead atoms. The molecule has 142 valence electrons.